The van der Waals surface area contributed by atoms with Crippen molar-refractivity contribution >= 4 is 29.0 Å². The first-order chi connectivity index (χ1) is 15.5. The number of rotatable bonds is 1. The molecule has 9 nitrogen and oxygen atoms in total. The molecule has 2 bridgehead atoms. The van der Waals surface area contributed by atoms with Gasteiger partial charge in [-0.25, -0.2) is 4.68 Å². The molecule has 0 radical (unpaired) electrons. The first-order valence-electron chi connectivity index (χ1n) is 10.6. The van der Waals surface area contributed by atoms with Crippen molar-refractivity contribution in [3.8, 4) is 17.0 Å². The number of H-pyrrole nitrogens is 1. The molecule has 164 valence electrons. The Morgan fingerprint density at radius 1 is 1.16 bits per heavy atom. The predicted octanol–water partition coefficient (Wildman–Crippen LogP) is 2.89. The molecule has 0 aliphatic carbocycles. The summed E-state index contributed by atoms with van der Waals surface area (Å²) in [4.78, 5) is 14.9. The van der Waals surface area contributed by atoms with E-state index in [0.717, 1.165) is 45.4 Å². The van der Waals surface area contributed by atoms with Gasteiger partial charge >= 0.3 is 0 Å². The molecule has 1 aromatic carbocycles. The zero-order chi connectivity index (χ0) is 22.4. The van der Waals surface area contributed by atoms with Crippen LogP contribution in [0, 0.1) is 0 Å². The van der Waals surface area contributed by atoms with Crippen molar-refractivity contribution in [1.82, 2.24) is 34.7 Å². The summed E-state index contributed by atoms with van der Waals surface area (Å²) in [6, 6.07) is 6.09. The average Bonchev–Trinajstić information content (AvgIpc) is 3.45. The van der Waals surface area contributed by atoms with Crippen LogP contribution >= 0.6 is 0 Å². The Hall–Kier alpha value is -3.88. The number of amides is 1. The lowest BCUT2D eigenvalue weighted by molar-refractivity contribution is 0.0765. The molecule has 1 amide bonds. The van der Waals surface area contributed by atoms with Crippen LogP contribution in [0.15, 0.2) is 24.4 Å². The number of aromatic amines is 1. The van der Waals surface area contributed by atoms with Gasteiger partial charge in [0.1, 0.15) is 6.61 Å². The summed E-state index contributed by atoms with van der Waals surface area (Å²) in [6.45, 7) is 2.82. The minimum Gasteiger partial charge on any atom is -0.476 e. The van der Waals surface area contributed by atoms with Crippen molar-refractivity contribution in [2.24, 2.45) is 14.1 Å². The maximum Gasteiger partial charge on any atom is 0.274 e. The van der Waals surface area contributed by atoms with E-state index < -0.39 is 0 Å². The number of hydrogen-bond donors (Lipinski definition) is 1. The van der Waals surface area contributed by atoms with Crippen LogP contribution in [-0.2, 0) is 20.5 Å². The molecule has 0 unspecified atom stereocenters. The molecule has 0 saturated heterocycles. The molecule has 3 aromatic heterocycles. The van der Waals surface area contributed by atoms with Crippen molar-refractivity contribution in [3.63, 3.8) is 0 Å². The molecule has 1 aliphatic rings. The van der Waals surface area contributed by atoms with Gasteiger partial charge < -0.3 is 9.64 Å². The molecule has 1 aliphatic heterocycles. The number of carbonyl (C=O) groups is 1. The van der Waals surface area contributed by atoms with Crippen LogP contribution in [0.2, 0.25) is 0 Å². The molecule has 4 heterocycles. The smallest absolute Gasteiger partial charge is 0.274 e. The van der Waals surface area contributed by atoms with E-state index in [9.17, 15) is 4.79 Å². The second-order valence-corrected chi connectivity index (χ2v) is 7.95. The summed E-state index contributed by atoms with van der Waals surface area (Å²) in [7, 11) is 5.48. The lowest BCUT2D eigenvalue weighted by Gasteiger charge is -2.17. The first kappa shape index (κ1) is 20.0. The molecule has 9 heteroatoms. The zero-order valence-corrected chi connectivity index (χ0v) is 18.6. The lowest BCUT2D eigenvalue weighted by Crippen LogP contribution is -2.31. The fourth-order valence-electron chi connectivity index (χ4n) is 4.18. The standard InChI is InChI=1S/C23H25N7O2/c1-5-20-15-7-9-19-16-12-14(6-8-18(16)25-26-19)17-13-24-30(4)23(17)32-11-10-28(2)22(31)21(15)27-29(20)3/h6-9,12-13H,5,10-11H2,1-4H3,(H,25,26). The van der Waals surface area contributed by atoms with Crippen molar-refractivity contribution in [2.75, 3.05) is 20.2 Å². The van der Waals surface area contributed by atoms with Gasteiger partial charge in [-0.1, -0.05) is 13.0 Å². The van der Waals surface area contributed by atoms with E-state index in [1.165, 1.54) is 0 Å². The number of ether oxygens (including phenoxy) is 1. The maximum atomic E-state index is 13.2. The fourth-order valence-corrected chi connectivity index (χ4v) is 4.18. The number of aromatic nitrogens is 6. The molecular weight excluding hydrogens is 406 g/mol. The van der Waals surface area contributed by atoms with E-state index in [1.54, 1.807) is 27.5 Å². The SMILES string of the molecule is CCc1c2c(nn1C)C(=O)N(C)CCOc1c(cnn1C)-c1ccc3n[nH]c(c3c1)C=C2. The lowest BCUT2D eigenvalue weighted by atomic mass is 10.0. The van der Waals surface area contributed by atoms with Gasteiger partial charge in [0.2, 0.25) is 5.88 Å². The van der Waals surface area contributed by atoms with E-state index in [1.807, 2.05) is 38.4 Å². The molecule has 0 atom stereocenters. The monoisotopic (exact) mass is 431 g/mol. The number of carbonyl (C=O) groups excluding carboxylic acids is 1. The minimum atomic E-state index is -0.140. The van der Waals surface area contributed by atoms with Crippen LogP contribution in [0.5, 0.6) is 5.88 Å². The number of benzene rings is 1. The first-order valence-corrected chi connectivity index (χ1v) is 10.6. The van der Waals surface area contributed by atoms with Crippen LogP contribution in [-0.4, -0.2) is 60.8 Å². The fraction of sp³-hybridized carbons (Fsp3) is 0.304. The number of likely N-dealkylation sites (N-methyl/N-ethyl adjacent to an activating group) is 1. The Bertz CT molecular complexity index is 1360. The van der Waals surface area contributed by atoms with E-state index in [2.05, 4.69) is 33.4 Å². The Labute approximate surface area is 185 Å². The highest BCUT2D eigenvalue weighted by molar-refractivity contribution is 5.98. The number of fused-ring (bicyclic) bond motifs is 4. The van der Waals surface area contributed by atoms with Crippen LogP contribution in [0.25, 0.3) is 34.2 Å². The van der Waals surface area contributed by atoms with Gasteiger partial charge in [-0.2, -0.15) is 15.3 Å². The second kappa shape index (κ2) is 7.67. The second-order valence-electron chi connectivity index (χ2n) is 7.95. The number of nitrogens with one attached hydrogen (secondary N) is 1. The van der Waals surface area contributed by atoms with Gasteiger partial charge in [0.05, 0.1) is 29.5 Å². The summed E-state index contributed by atoms with van der Waals surface area (Å²) in [5.41, 5.74) is 5.88. The molecule has 32 heavy (non-hydrogen) atoms. The van der Waals surface area contributed by atoms with Crippen molar-refractivity contribution in [1.29, 1.82) is 0 Å². The van der Waals surface area contributed by atoms with Gasteiger partial charge in [-0.15, -0.1) is 0 Å². The number of hydrogen-bond acceptors (Lipinski definition) is 5. The zero-order valence-electron chi connectivity index (χ0n) is 18.6. The summed E-state index contributed by atoms with van der Waals surface area (Å²) in [6.07, 6.45) is 6.48. The molecular formula is C23H25N7O2. The largest absolute Gasteiger partial charge is 0.476 e. The Morgan fingerprint density at radius 3 is 2.81 bits per heavy atom. The maximum absolute atomic E-state index is 13.2. The summed E-state index contributed by atoms with van der Waals surface area (Å²) < 4.78 is 9.57. The van der Waals surface area contributed by atoms with E-state index in [4.69, 9.17) is 4.74 Å². The molecule has 0 saturated carbocycles. The highest BCUT2D eigenvalue weighted by Gasteiger charge is 2.23. The number of aryl methyl sites for hydroxylation is 2. The van der Waals surface area contributed by atoms with Gasteiger partial charge in [-0.05, 0) is 36.3 Å². The molecule has 0 fully saturated rings. The molecule has 4 aromatic rings. The highest BCUT2D eigenvalue weighted by atomic mass is 16.5. The Morgan fingerprint density at radius 2 is 2.00 bits per heavy atom. The molecule has 1 N–H and O–H groups in total. The number of nitrogens with zero attached hydrogens (tertiary/aromatic N) is 6. The van der Waals surface area contributed by atoms with Crippen molar-refractivity contribution in [2.45, 2.75) is 13.3 Å². The van der Waals surface area contributed by atoms with Gasteiger partial charge in [0, 0.05) is 37.8 Å². The Balaban J connectivity index is 1.71. The van der Waals surface area contributed by atoms with Gasteiger partial charge in [0.15, 0.2) is 5.69 Å². The van der Waals surface area contributed by atoms with Crippen molar-refractivity contribution < 1.29 is 9.53 Å². The summed E-state index contributed by atoms with van der Waals surface area (Å²) in [5, 5.41) is 17.4. The normalized spacial score (nSPS) is 14.2. The van der Waals surface area contributed by atoms with E-state index in [-0.39, 0.29) is 5.91 Å². The van der Waals surface area contributed by atoms with Crippen molar-refractivity contribution in [3.05, 3.63) is 47.0 Å². The predicted molar refractivity (Wildman–Crippen MR) is 122 cm³/mol. The van der Waals surface area contributed by atoms with Crippen LogP contribution in [0.3, 0.4) is 0 Å². The quantitative estimate of drug-likeness (QED) is 0.500. The third-order valence-electron chi connectivity index (χ3n) is 5.95. The third-order valence-corrected chi connectivity index (χ3v) is 5.95. The van der Waals surface area contributed by atoms with E-state index in [0.29, 0.717) is 24.7 Å². The van der Waals surface area contributed by atoms with Crippen LogP contribution < -0.4 is 4.74 Å². The molecule has 5 rings (SSSR count). The highest BCUT2D eigenvalue weighted by Crippen LogP contribution is 2.33. The minimum absolute atomic E-state index is 0.140. The van der Waals surface area contributed by atoms with Gasteiger partial charge in [0.25, 0.3) is 5.91 Å². The summed E-state index contributed by atoms with van der Waals surface area (Å²) >= 11 is 0. The third kappa shape index (κ3) is 3.17. The Kier molecular flexibility index (Phi) is 4.80. The van der Waals surface area contributed by atoms with Gasteiger partial charge in [-0.3, -0.25) is 14.6 Å². The topological polar surface area (TPSA) is 93.9 Å². The van der Waals surface area contributed by atoms with E-state index >= 15 is 0 Å². The summed E-state index contributed by atoms with van der Waals surface area (Å²) in [5.74, 6) is 0.520. The van der Waals surface area contributed by atoms with Crippen LogP contribution in [0.1, 0.15) is 34.4 Å². The average molecular weight is 432 g/mol. The van der Waals surface area contributed by atoms with Crippen LogP contribution in [0.4, 0.5) is 0 Å². The molecule has 0 spiro atoms.